The molecule has 0 saturated carbocycles. The average molecular weight is 249 g/mol. The van der Waals surface area contributed by atoms with E-state index in [4.69, 9.17) is 0 Å². The van der Waals surface area contributed by atoms with Gasteiger partial charge >= 0.3 is 0 Å². The van der Waals surface area contributed by atoms with Crippen LogP contribution in [0.5, 0.6) is 0 Å². The van der Waals surface area contributed by atoms with Crippen molar-refractivity contribution >= 4 is 5.91 Å². The van der Waals surface area contributed by atoms with Gasteiger partial charge < -0.3 is 4.90 Å². The van der Waals surface area contributed by atoms with Crippen molar-refractivity contribution in [2.45, 2.75) is 53.0 Å². The molecule has 0 N–H and O–H groups in total. The quantitative estimate of drug-likeness (QED) is 0.819. The van der Waals surface area contributed by atoms with Crippen molar-refractivity contribution in [1.82, 2.24) is 14.7 Å². The molecular weight excluding hydrogens is 226 g/mol. The molecule has 1 saturated heterocycles. The molecule has 0 radical (unpaired) electrons. The van der Waals surface area contributed by atoms with E-state index in [1.165, 1.54) is 11.3 Å². The Morgan fingerprint density at radius 2 is 1.94 bits per heavy atom. The first-order valence-corrected chi connectivity index (χ1v) is 6.94. The number of carbonyl (C=O) groups is 1. The number of rotatable bonds is 4. The maximum absolute atomic E-state index is 12.0. The molecule has 2 heterocycles. The van der Waals surface area contributed by atoms with E-state index in [0.29, 0.717) is 12.3 Å². The van der Waals surface area contributed by atoms with E-state index in [9.17, 15) is 4.79 Å². The van der Waals surface area contributed by atoms with Crippen LogP contribution in [0.3, 0.4) is 0 Å². The van der Waals surface area contributed by atoms with Crippen molar-refractivity contribution in [2.24, 2.45) is 0 Å². The number of likely N-dealkylation sites (tertiary alicyclic amines) is 1. The van der Waals surface area contributed by atoms with Gasteiger partial charge in [-0.1, -0.05) is 0 Å². The Morgan fingerprint density at radius 1 is 1.28 bits per heavy atom. The minimum Gasteiger partial charge on any atom is -0.343 e. The first-order chi connectivity index (χ1) is 8.63. The van der Waals surface area contributed by atoms with Gasteiger partial charge in [0.1, 0.15) is 0 Å². The summed E-state index contributed by atoms with van der Waals surface area (Å²) >= 11 is 0. The second kappa shape index (κ2) is 5.55. The van der Waals surface area contributed by atoms with E-state index in [0.717, 1.165) is 44.6 Å². The van der Waals surface area contributed by atoms with Crippen LogP contribution in [0.4, 0.5) is 0 Å². The van der Waals surface area contributed by atoms with Crippen LogP contribution >= 0.6 is 0 Å². The van der Waals surface area contributed by atoms with Crippen molar-refractivity contribution in [3.8, 4) is 0 Å². The number of carbonyl (C=O) groups excluding carboxylic acids is 1. The fraction of sp³-hybridized carbons (Fsp3) is 0.714. The lowest BCUT2D eigenvalue weighted by Gasteiger charge is -2.14. The predicted octanol–water partition coefficient (Wildman–Crippen LogP) is 2.07. The molecule has 0 aliphatic carbocycles. The zero-order valence-electron chi connectivity index (χ0n) is 11.7. The van der Waals surface area contributed by atoms with Crippen LogP contribution in [0.25, 0.3) is 0 Å². The van der Waals surface area contributed by atoms with Crippen molar-refractivity contribution in [2.75, 3.05) is 13.1 Å². The fourth-order valence-corrected chi connectivity index (χ4v) is 2.76. The van der Waals surface area contributed by atoms with Crippen LogP contribution < -0.4 is 0 Å². The smallest absolute Gasteiger partial charge is 0.222 e. The summed E-state index contributed by atoms with van der Waals surface area (Å²) in [5.41, 5.74) is 3.54. The minimum atomic E-state index is 0.301. The Balaban J connectivity index is 1.97. The lowest BCUT2D eigenvalue weighted by Crippen LogP contribution is -2.27. The molecule has 4 heteroatoms. The van der Waals surface area contributed by atoms with Gasteiger partial charge in [-0.15, -0.1) is 0 Å². The highest BCUT2D eigenvalue weighted by Gasteiger charge is 2.19. The number of nitrogens with zero attached hydrogens (tertiary/aromatic N) is 3. The molecule has 0 bridgehead atoms. The highest BCUT2D eigenvalue weighted by molar-refractivity contribution is 5.76. The predicted molar refractivity (Wildman–Crippen MR) is 71.5 cm³/mol. The molecule has 0 atom stereocenters. The highest BCUT2D eigenvalue weighted by atomic mass is 16.2. The van der Waals surface area contributed by atoms with Crippen LogP contribution in [-0.2, 0) is 17.8 Å². The van der Waals surface area contributed by atoms with Crippen LogP contribution in [0.2, 0.25) is 0 Å². The SMILES string of the molecule is CCn1nc(C)c(CCC(=O)N2CCCC2)c1C. The Bertz CT molecular complexity index is 430. The van der Waals surface area contributed by atoms with Gasteiger partial charge in [-0.3, -0.25) is 9.48 Å². The second-order valence-corrected chi connectivity index (χ2v) is 5.05. The second-order valence-electron chi connectivity index (χ2n) is 5.05. The van der Waals surface area contributed by atoms with Gasteiger partial charge in [-0.2, -0.15) is 5.10 Å². The molecule has 4 nitrogen and oxygen atoms in total. The summed E-state index contributed by atoms with van der Waals surface area (Å²) in [6.45, 7) is 9.02. The third-order valence-corrected chi connectivity index (χ3v) is 3.88. The van der Waals surface area contributed by atoms with Gasteiger partial charge in [-0.25, -0.2) is 0 Å². The van der Waals surface area contributed by atoms with Crippen molar-refractivity contribution < 1.29 is 4.79 Å². The van der Waals surface area contributed by atoms with E-state index >= 15 is 0 Å². The van der Waals surface area contributed by atoms with Gasteiger partial charge in [0.2, 0.25) is 5.91 Å². The maximum Gasteiger partial charge on any atom is 0.222 e. The van der Waals surface area contributed by atoms with Crippen LogP contribution in [0.15, 0.2) is 0 Å². The van der Waals surface area contributed by atoms with E-state index in [2.05, 4.69) is 18.9 Å². The Labute approximate surface area is 109 Å². The Kier molecular flexibility index (Phi) is 4.04. The van der Waals surface area contributed by atoms with Crippen molar-refractivity contribution in [3.05, 3.63) is 17.0 Å². The lowest BCUT2D eigenvalue weighted by molar-refractivity contribution is -0.130. The molecule has 1 aliphatic rings. The molecule has 0 aromatic carbocycles. The zero-order valence-corrected chi connectivity index (χ0v) is 11.7. The summed E-state index contributed by atoms with van der Waals surface area (Å²) in [7, 11) is 0. The first-order valence-electron chi connectivity index (χ1n) is 6.94. The van der Waals surface area contributed by atoms with Gasteiger partial charge in [0.25, 0.3) is 0 Å². The molecule has 1 aromatic rings. The molecule has 100 valence electrons. The zero-order chi connectivity index (χ0) is 13.1. The average Bonchev–Trinajstić information content (AvgIpc) is 2.96. The number of hydrogen-bond acceptors (Lipinski definition) is 2. The van der Waals surface area contributed by atoms with E-state index < -0.39 is 0 Å². The molecule has 1 aromatic heterocycles. The third-order valence-electron chi connectivity index (χ3n) is 3.88. The van der Waals surface area contributed by atoms with Gasteiger partial charge in [0.05, 0.1) is 5.69 Å². The molecule has 18 heavy (non-hydrogen) atoms. The van der Waals surface area contributed by atoms with Crippen LogP contribution in [0, 0.1) is 13.8 Å². The summed E-state index contributed by atoms with van der Waals surface area (Å²) in [6.07, 6.45) is 3.78. The monoisotopic (exact) mass is 249 g/mol. The number of amides is 1. The molecular formula is C14H23N3O. The molecule has 1 amide bonds. The lowest BCUT2D eigenvalue weighted by atomic mass is 10.1. The van der Waals surface area contributed by atoms with Crippen molar-refractivity contribution in [1.29, 1.82) is 0 Å². The summed E-state index contributed by atoms with van der Waals surface area (Å²) < 4.78 is 2.02. The van der Waals surface area contributed by atoms with E-state index in [1.54, 1.807) is 0 Å². The summed E-state index contributed by atoms with van der Waals surface area (Å²) in [6, 6.07) is 0. The molecule has 2 rings (SSSR count). The maximum atomic E-state index is 12.0. The Hall–Kier alpha value is -1.32. The molecule has 1 aliphatic heterocycles. The number of hydrogen-bond donors (Lipinski definition) is 0. The fourth-order valence-electron chi connectivity index (χ4n) is 2.76. The largest absolute Gasteiger partial charge is 0.343 e. The topological polar surface area (TPSA) is 38.1 Å². The summed E-state index contributed by atoms with van der Waals surface area (Å²) in [5.74, 6) is 0.301. The minimum absolute atomic E-state index is 0.301. The molecule has 0 spiro atoms. The molecule has 0 unspecified atom stereocenters. The van der Waals surface area contributed by atoms with Gasteiger partial charge in [0.15, 0.2) is 0 Å². The normalized spacial score (nSPS) is 15.4. The number of aryl methyl sites for hydroxylation is 2. The van der Waals surface area contributed by atoms with E-state index in [-0.39, 0.29) is 0 Å². The highest BCUT2D eigenvalue weighted by Crippen LogP contribution is 2.17. The van der Waals surface area contributed by atoms with E-state index in [1.807, 2.05) is 16.5 Å². The van der Waals surface area contributed by atoms with Gasteiger partial charge in [0, 0.05) is 31.7 Å². The number of aromatic nitrogens is 2. The van der Waals surface area contributed by atoms with Gasteiger partial charge in [-0.05, 0) is 45.6 Å². The van der Waals surface area contributed by atoms with Crippen molar-refractivity contribution in [3.63, 3.8) is 0 Å². The Morgan fingerprint density at radius 3 is 2.50 bits per heavy atom. The first kappa shape index (κ1) is 13.1. The summed E-state index contributed by atoms with van der Waals surface area (Å²) in [5, 5.41) is 4.50. The standard InChI is InChI=1S/C14H23N3O/c1-4-17-12(3)13(11(2)15-17)7-8-14(18)16-9-5-6-10-16/h4-10H2,1-3H3. The third kappa shape index (κ3) is 2.57. The van der Waals surface area contributed by atoms with Crippen LogP contribution in [0.1, 0.15) is 43.1 Å². The molecule has 1 fully saturated rings. The van der Waals surface area contributed by atoms with Crippen LogP contribution in [-0.4, -0.2) is 33.7 Å². The summed E-state index contributed by atoms with van der Waals surface area (Å²) in [4.78, 5) is 14.0.